The van der Waals surface area contributed by atoms with E-state index in [9.17, 15) is 23.8 Å². The van der Waals surface area contributed by atoms with Gasteiger partial charge in [-0.15, -0.1) is 0 Å². The first-order valence-electron chi connectivity index (χ1n) is 12.8. The van der Waals surface area contributed by atoms with E-state index in [-0.39, 0.29) is 35.9 Å². The molecular formula is C28H25F2N5O4. The van der Waals surface area contributed by atoms with Crippen LogP contribution in [-0.2, 0) is 5.60 Å². The number of aliphatic hydroxyl groups is 2. The molecule has 200 valence electrons. The second-order valence-corrected chi connectivity index (χ2v) is 10.6. The van der Waals surface area contributed by atoms with Crippen LogP contribution in [0.4, 0.5) is 8.78 Å². The Morgan fingerprint density at radius 2 is 1.95 bits per heavy atom. The molecule has 1 amide bonds. The topological polar surface area (TPSA) is 113 Å². The summed E-state index contributed by atoms with van der Waals surface area (Å²) in [5.41, 5.74) is 3.51. The van der Waals surface area contributed by atoms with Crippen LogP contribution in [0.1, 0.15) is 70.6 Å². The van der Waals surface area contributed by atoms with Gasteiger partial charge in [0.25, 0.3) is 5.91 Å². The molecule has 4 aromatic rings. The van der Waals surface area contributed by atoms with Crippen molar-refractivity contribution in [2.24, 2.45) is 0 Å². The Balaban J connectivity index is 1.33. The lowest BCUT2D eigenvalue weighted by Gasteiger charge is -2.23. The van der Waals surface area contributed by atoms with Crippen molar-refractivity contribution in [1.29, 1.82) is 0 Å². The number of nitrogens with zero attached hydrogens (tertiary/aromatic N) is 5. The lowest BCUT2D eigenvalue weighted by molar-refractivity contribution is -0.0505. The van der Waals surface area contributed by atoms with Crippen molar-refractivity contribution in [3.05, 3.63) is 77.1 Å². The molecule has 1 aliphatic heterocycles. The van der Waals surface area contributed by atoms with Gasteiger partial charge in [-0.25, -0.2) is 14.5 Å². The van der Waals surface area contributed by atoms with E-state index in [1.165, 1.54) is 6.07 Å². The van der Waals surface area contributed by atoms with Crippen molar-refractivity contribution in [3.63, 3.8) is 0 Å². The molecule has 2 aliphatic carbocycles. The molecule has 3 aliphatic rings. The van der Waals surface area contributed by atoms with Crippen molar-refractivity contribution < 1.29 is 28.5 Å². The summed E-state index contributed by atoms with van der Waals surface area (Å²) in [4.78, 5) is 23.7. The number of aliphatic hydroxyl groups excluding tert-OH is 1. The number of carbonyl (C=O) groups is 1. The third-order valence-electron chi connectivity index (χ3n) is 8.34. The van der Waals surface area contributed by atoms with Crippen molar-refractivity contribution in [2.45, 2.75) is 56.0 Å². The first kappa shape index (κ1) is 24.1. The van der Waals surface area contributed by atoms with E-state index in [2.05, 4.69) is 9.97 Å². The van der Waals surface area contributed by atoms with Gasteiger partial charge < -0.3 is 19.8 Å². The first-order chi connectivity index (χ1) is 18.7. The number of aromatic nitrogens is 4. The first-order valence-corrected chi connectivity index (χ1v) is 12.8. The average Bonchev–Trinajstić information content (AvgIpc) is 3.57. The Morgan fingerprint density at radius 3 is 2.67 bits per heavy atom. The fourth-order valence-corrected chi connectivity index (χ4v) is 6.46. The third-order valence-corrected chi connectivity index (χ3v) is 8.34. The largest absolute Gasteiger partial charge is 0.434 e. The quantitative estimate of drug-likeness (QED) is 0.411. The molecule has 0 radical (unpaired) electrons. The van der Waals surface area contributed by atoms with E-state index in [4.69, 9.17) is 9.84 Å². The number of fused-ring (bicyclic) bond motifs is 9. The van der Waals surface area contributed by atoms with E-state index in [1.54, 1.807) is 41.0 Å². The summed E-state index contributed by atoms with van der Waals surface area (Å²) in [7, 11) is 1.71. The summed E-state index contributed by atoms with van der Waals surface area (Å²) in [5, 5.41) is 25.5. The highest BCUT2D eigenvalue weighted by Crippen LogP contribution is 2.53. The van der Waals surface area contributed by atoms with Gasteiger partial charge in [-0.05, 0) is 49.1 Å². The van der Waals surface area contributed by atoms with Crippen molar-refractivity contribution >= 4 is 11.4 Å². The molecule has 0 unspecified atom stereocenters. The summed E-state index contributed by atoms with van der Waals surface area (Å²) < 4.78 is 33.3. The van der Waals surface area contributed by atoms with E-state index in [0.717, 1.165) is 27.9 Å². The van der Waals surface area contributed by atoms with Crippen LogP contribution in [0.2, 0.25) is 0 Å². The Bertz CT molecular complexity index is 1620. The molecule has 11 heteroatoms. The number of amides is 1. The van der Waals surface area contributed by atoms with Crippen LogP contribution in [-0.4, -0.2) is 60.4 Å². The van der Waals surface area contributed by atoms with Gasteiger partial charge in [0.05, 0.1) is 23.4 Å². The van der Waals surface area contributed by atoms with Gasteiger partial charge in [0, 0.05) is 60.2 Å². The molecule has 1 saturated carbocycles. The number of hydrogen-bond acceptors (Lipinski definition) is 7. The van der Waals surface area contributed by atoms with E-state index >= 15 is 0 Å². The second-order valence-electron chi connectivity index (χ2n) is 10.6. The number of halogens is 2. The summed E-state index contributed by atoms with van der Waals surface area (Å²) in [5.74, 6) is -0.334. The van der Waals surface area contributed by atoms with Crippen LogP contribution in [0.3, 0.4) is 0 Å². The highest BCUT2D eigenvalue weighted by Gasteiger charge is 2.46. The summed E-state index contributed by atoms with van der Waals surface area (Å²) in [6.45, 7) is -3.02. The molecule has 7 rings (SSSR count). The SMILES string of the molecule is CN1C(=O)c2cccc(OC(F)F)c2[C@H]2C[C@@H]1c1nn3ccc(-c4cnc([C@@]5(O)CC[C@@H](O)C5)nc4)cc3c12. The minimum atomic E-state index is -3.02. The zero-order valence-electron chi connectivity index (χ0n) is 21.0. The molecule has 9 nitrogen and oxygen atoms in total. The van der Waals surface area contributed by atoms with Gasteiger partial charge in [0.15, 0.2) is 5.82 Å². The molecular weight excluding hydrogens is 508 g/mol. The van der Waals surface area contributed by atoms with Gasteiger partial charge in [-0.1, -0.05) is 6.07 Å². The van der Waals surface area contributed by atoms with Crippen LogP contribution >= 0.6 is 0 Å². The smallest absolute Gasteiger partial charge is 0.387 e. The molecule has 1 fully saturated rings. The second kappa shape index (κ2) is 8.52. The van der Waals surface area contributed by atoms with Crippen LogP contribution < -0.4 is 4.74 Å². The monoisotopic (exact) mass is 533 g/mol. The fraction of sp³-hybridized carbons (Fsp3) is 0.357. The van der Waals surface area contributed by atoms with Crippen LogP contribution in [0, 0.1) is 0 Å². The molecule has 2 N–H and O–H groups in total. The van der Waals surface area contributed by atoms with Crippen molar-refractivity contribution in [2.75, 3.05) is 7.05 Å². The van der Waals surface area contributed by atoms with Gasteiger partial charge in [-0.3, -0.25) is 4.79 Å². The standard InChI is InChI=1S/C28H25F2N5O4/c1-34-20-10-18(22-17(25(34)37)3-2-4-21(22)39-27(29)30)23-19-9-14(6-8-35(19)33-24(20)23)15-12-31-26(32-13-15)28(38)7-5-16(36)11-28/h2-4,6,8-9,12-13,16,18,20,27,36,38H,5,7,10-11H2,1H3/t16-,18-,20-,28-/m1/s1. The van der Waals surface area contributed by atoms with E-state index < -0.39 is 18.3 Å². The number of hydrogen-bond donors (Lipinski definition) is 2. The van der Waals surface area contributed by atoms with Crippen LogP contribution in [0.5, 0.6) is 5.75 Å². The predicted molar refractivity (Wildman–Crippen MR) is 134 cm³/mol. The lowest BCUT2D eigenvalue weighted by atomic mass is 9.88. The summed E-state index contributed by atoms with van der Waals surface area (Å²) in [6, 6.07) is 8.21. The Labute approximate surface area is 221 Å². The molecule has 1 aromatic carbocycles. The van der Waals surface area contributed by atoms with Gasteiger partial charge in [0.1, 0.15) is 11.4 Å². The minimum absolute atomic E-state index is 0.00259. The number of carbonyl (C=O) groups excluding carboxylic acids is 1. The van der Waals surface area contributed by atoms with Gasteiger partial charge in [0.2, 0.25) is 0 Å². The maximum atomic E-state index is 13.3. The summed E-state index contributed by atoms with van der Waals surface area (Å²) >= 11 is 0. The Kier molecular flexibility index (Phi) is 5.27. The number of alkyl halides is 2. The average molecular weight is 534 g/mol. The number of pyridine rings is 1. The highest BCUT2D eigenvalue weighted by molar-refractivity contribution is 5.98. The molecule has 4 atom stereocenters. The lowest BCUT2D eigenvalue weighted by Crippen LogP contribution is -2.30. The molecule has 0 saturated heterocycles. The number of ether oxygens (including phenoxy) is 1. The number of rotatable bonds is 4. The molecule has 4 heterocycles. The minimum Gasteiger partial charge on any atom is -0.434 e. The fourth-order valence-electron chi connectivity index (χ4n) is 6.46. The normalized spacial score (nSPS) is 25.7. The molecule has 0 spiro atoms. The molecule has 2 bridgehead atoms. The third kappa shape index (κ3) is 3.64. The summed E-state index contributed by atoms with van der Waals surface area (Å²) in [6.07, 6.45) is 6.16. The van der Waals surface area contributed by atoms with E-state index in [0.29, 0.717) is 30.4 Å². The molecule has 3 aromatic heterocycles. The zero-order chi connectivity index (χ0) is 27.1. The van der Waals surface area contributed by atoms with Crippen LogP contribution in [0.25, 0.3) is 16.6 Å². The zero-order valence-corrected chi connectivity index (χ0v) is 21.0. The Hall–Kier alpha value is -3.96. The van der Waals surface area contributed by atoms with Crippen molar-refractivity contribution in [1.82, 2.24) is 24.5 Å². The van der Waals surface area contributed by atoms with Crippen molar-refractivity contribution in [3.8, 4) is 16.9 Å². The van der Waals surface area contributed by atoms with Gasteiger partial charge in [-0.2, -0.15) is 13.9 Å². The van der Waals surface area contributed by atoms with E-state index in [1.807, 2.05) is 18.3 Å². The maximum absolute atomic E-state index is 13.3. The Morgan fingerprint density at radius 1 is 1.15 bits per heavy atom. The van der Waals surface area contributed by atoms with Crippen LogP contribution in [0.15, 0.2) is 48.9 Å². The van der Waals surface area contributed by atoms with Gasteiger partial charge >= 0.3 is 6.61 Å². The predicted octanol–water partition coefficient (Wildman–Crippen LogP) is 3.79. The highest BCUT2D eigenvalue weighted by atomic mass is 19.3. The number of benzene rings is 1. The maximum Gasteiger partial charge on any atom is 0.387 e. The molecule has 39 heavy (non-hydrogen) atoms.